The number of nitrogens with zero attached hydrogens (tertiary/aromatic N) is 2. The summed E-state index contributed by atoms with van der Waals surface area (Å²) in [5.41, 5.74) is 0. The average Bonchev–Trinajstić information content (AvgIpc) is 2.70. The molecule has 0 aromatic carbocycles. The molecule has 4 heteroatoms. The summed E-state index contributed by atoms with van der Waals surface area (Å²) in [4.78, 5) is 8.40. The molecule has 0 radical (unpaired) electrons. The van der Waals surface area contributed by atoms with Crippen molar-refractivity contribution in [2.45, 2.75) is 45.3 Å². The molecule has 2 heterocycles. The zero-order valence-electron chi connectivity index (χ0n) is 10.2. The zero-order valence-corrected chi connectivity index (χ0v) is 11.0. The molecule has 1 unspecified atom stereocenters. The standard InChI is InChI=1S/C12H21N3S/c1-10-5-3-4-6-15(10)9-12-14-8-11(16-12)7-13-2/h8,10,13H,3-7,9H2,1-2H3. The molecule has 1 atom stereocenters. The van der Waals surface area contributed by atoms with Gasteiger partial charge in [0.2, 0.25) is 0 Å². The lowest BCUT2D eigenvalue weighted by Crippen LogP contribution is -2.36. The first kappa shape index (κ1) is 12.0. The molecule has 90 valence electrons. The fraction of sp³-hybridized carbons (Fsp3) is 0.750. The summed E-state index contributed by atoms with van der Waals surface area (Å²) in [6.45, 7) is 5.55. The lowest BCUT2D eigenvalue weighted by Gasteiger charge is -2.32. The summed E-state index contributed by atoms with van der Waals surface area (Å²) < 4.78 is 0. The van der Waals surface area contributed by atoms with Gasteiger partial charge in [0, 0.05) is 23.7 Å². The van der Waals surface area contributed by atoms with Crippen molar-refractivity contribution >= 4 is 11.3 Å². The van der Waals surface area contributed by atoms with E-state index >= 15 is 0 Å². The lowest BCUT2D eigenvalue weighted by atomic mass is 10.0. The molecule has 1 aromatic rings. The molecular formula is C12H21N3S. The van der Waals surface area contributed by atoms with Crippen molar-refractivity contribution in [2.75, 3.05) is 13.6 Å². The van der Waals surface area contributed by atoms with Gasteiger partial charge in [-0.15, -0.1) is 11.3 Å². The van der Waals surface area contributed by atoms with E-state index in [1.54, 1.807) is 0 Å². The molecule has 0 bridgehead atoms. The van der Waals surface area contributed by atoms with Crippen LogP contribution in [0.1, 0.15) is 36.1 Å². The number of piperidine rings is 1. The second-order valence-electron chi connectivity index (χ2n) is 4.57. The predicted octanol–water partition coefficient (Wildman–Crippen LogP) is 2.24. The Morgan fingerprint density at radius 2 is 2.44 bits per heavy atom. The monoisotopic (exact) mass is 239 g/mol. The van der Waals surface area contributed by atoms with Crippen molar-refractivity contribution < 1.29 is 0 Å². The highest BCUT2D eigenvalue weighted by atomic mass is 32.1. The van der Waals surface area contributed by atoms with Crippen LogP contribution in [-0.4, -0.2) is 29.5 Å². The SMILES string of the molecule is CNCc1cnc(CN2CCCCC2C)s1. The third-order valence-electron chi connectivity index (χ3n) is 3.23. The van der Waals surface area contributed by atoms with Gasteiger partial charge >= 0.3 is 0 Å². The van der Waals surface area contributed by atoms with E-state index in [9.17, 15) is 0 Å². The van der Waals surface area contributed by atoms with Gasteiger partial charge in [0.1, 0.15) is 5.01 Å². The van der Waals surface area contributed by atoms with Crippen LogP contribution in [0.4, 0.5) is 0 Å². The van der Waals surface area contributed by atoms with E-state index in [1.165, 1.54) is 35.7 Å². The molecule has 0 amide bonds. The van der Waals surface area contributed by atoms with Crippen LogP contribution >= 0.6 is 11.3 Å². The third kappa shape index (κ3) is 3.03. The van der Waals surface area contributed by atoms with Crippen LogP contribution in [0.25, 0.3) is 0 Å². The van der Waals surface area contributed by atoms with E-state index in [0.29, 0.717) is 0 Å². The Labute approximate surface area is 102 Å². The van der Waals surface area contributed by atoms with Gasteiger partial charge in [0.15, 0.2) is 0 Å². The van der Waals surface area contributed by atoms with Gasteiger partial charge in [-0.3, -0.25) is 4.90 Å². The minimum atomic E-state index is 0.727. The normalized spacial score (nSPS) is 22.5. The summed E-state index contributed by atoms with van der Waals surface area (Å²) in [6.07, 6.45) is 6.08. The van der Waals surface area contributed by atoms with Crippen LogP contribution in [0, 0.1) is 0 Å². The van der Waals surface area contributed by atoms with E-state index in [4.69, 9.17) is 0 Å². The van der Waals surface area contributed by atoms with E-state index < -0.39 is 0 Å². The summed E-state index contributed by atoms with van der Waals surface area (Å²) in [5, 5.41) is 4.43. The maximum Gasteiger partial charge on any atom is 0.107 e. The second-order valence-corrected chi connectivity index (χ2v) is 5.77. The van der Waals surface area contributed by atoms with Crippen molar-refractivity contribution in [3.05, 3.63) is 16.1 Å². The Hall–Kier alpha value is -0.450. The minimum absolute atomic E-state index is 0.727. The Kier molecular flexibility index (Phi) is 4.32. The molecular weight excluding hydrogens is 218 g/mol. The maximum absolute atomic E-state index is 4.50. The molecule has 1 saturated heterocycles. The van der Waals surface area contributed by atoms with Crippen molar-refractivity contribution in [3.8, 4) is 0 Å². The maximum atomic E-state index is 4.50. The summed E-state index contributed by atoms with van der Waals surface area (Å²) in [6, 6.07) is 0.727. The van der Waals surface area contributed by atoms with E-state index in [1.807, 2.05) is 24.6 Å². The first-order chi connectivity index (χ1) is 7.79. The molecule has 1 aliphatic heterocycles. The molecule has 3 nitrogen and oxygen atoms in total. The Balaban J connectivity index is 1.91. The van der Waals surface area contributed by atoms with Crippen LogP contribution in [0.5, 0.6) is 0 Å². The highest BCUT2D eigenvalue weighted by Gasteiger charge is 2.19. The van der Waals surface area contributed by atoms with Crippen LogP contribution in [0.15, 0.2) is 6.20 Å². The van der Waals surface area contributed by atoms with Crippen LogP contribution < -0.4 is 5.32 Å². The topological polar surface area (TPSA) is 28.2 Å². The fourth-order valence-corrected chi connectivity index (χ4v) is 3.20. The number of nitrogens with one attached hydrogen (secondary N) is 1. The van der Waals surface area contributed by atoms with Crippen molar-refractivity contribution in [1.82, 2.24) is 15.2 Å². The van der Waals surface area contributed by atoms with E-state index in [-0.39, 0.29) is 0 Å². The number of hydrogen-bond acceptors (Lipinski definition) is 4. The van der Waals surface area contributed by atoms with Crippen molar-refractivity contribution in [1.29, 1.82) is 0 Å². The van der Waals surface area contributed by atoms with Crippen LogP contribution in [0.3, 0.4) is 0 Å². The summed E-state index contributed by atoms with van der Waals surface area (Å²) in [5.74, 6) is 0. The molecule has 2 rings (SSSR count). The Morgan fingerprint density at radius 1 is 1.56 bits per heavy atom. The highest BCUT2D eigenvalue weighted by molar-refractivity contribution is 7.11. The highest BCUT2D eigenvalue weighted by Crippen LogP contribution is 2.21. The number of aromatic nitrogens is 1. The molecule has 1 aromatic heterocycles. The minimum Gasteiger partial charge on any atom is -0.315 e. The van der Waals surface area contributed by atoms with Gasteiger partial charge < -0.3 is 5.32 Å². The quantitative estimate of drug-likeness (QED) is 0.873. The fourth-order valence-electron chi connectivity index (χ4n) is 2.24. The van der Waals surface area contributed by atoms with Gasteiger partial charge in [0.25, 0.3) is 0 Å². The van der Waals surface area contributed by atoms with Gasteiger partial charge in [-0.05, 0) is 33.4 Å². The number of likely N-dealkylation sites (tertiary alicyclic amines) is 1. The molecule has 16 heavy (non-hydrogen) atoms. The van der Waals surface area contributed by atoms with E-state index in [2.05, 4.69) is 22.1 Å². The van der Waals surface area contributed by atoms with Crippen molar-refractivity contribution in [2.24, 2.45) is 0 Å². The predicted molar refractivity (Wildman–Crippen MR) is 68.6 cm³/mol. The second kappa shape index (κ2) is 5.75. The van der Waals surface area contributed by atoms with Gasteiger partial charge in [-0.1, -0.05) is 6.42 Å². The Bertz CT molecular complexity index is 324. The molecule has 0 saturated carbocycles. The van der Waals surface area contributed by atoms with Gasteiger partial charge in [-0.25, -0.2) is 4.98 Å². The number of hydrogen-bond donors (Lipinski definition) is 1. The molecule has 1 fully saturated rings. The number of thiazole rings is 1. The summed E-state index contributed by atoms with van der Waals surface area (Å²) in [7, 11) is 1.98. The average molecular weight is 239 g/mol. The molecule has 1 aliphatic rings. The largest absolute Gasteiger partial charge is 0.315 e. The van der Waals surface area contributed by atoms with Crippen LogP contribution in [-0.2, 0) is 13.1 Å². The molecule has 1 N–H and O–H groups in total. The first-order valence-corrected chi connectivity index (χ1v) is 6.93. The van der Waals surface area contributed by atoms with Crippen LogP contribution in [0.2, 0.25) is 0 Å². The molecule has 0 aliphatic carbocycles. The van der Waals surface area contributed by atoms with Gasteiger partial charge in [0.05, 0.1) is 6.54 Å². The smallest absolute Gasteiger partial charge is 0.107 e. The van der Waals surface area contributed by atoms with Gasteiger partial charge in [-0.2, -0.15) is 0 Å². The lowest BCUT2D eigenvalue weighted by molar-refractivity contribution is 0.152. The first-order valence-electron chi connectivity index (χ1n) is 6.12. The summed E-state index contributed by atoms with van der Waals surface area (Å²) >= 11 is 1.84. The Morgan fingerprint density at radius 3 is 3.19 bits per heavy atom. The number of rotatable bonds is 4. The third-order valence-corrected chi connectivity index (χ3v) is 4.21. The van der Waals surface area contributed by atoms with E-state index in [0.717, 1.165) is 19.1 Å². The molecule has 0 spiro atoms. The van der Waals surface area contributed by atoms with Crippen molar-refractivity contribution in [3.63, 3.8) is 0 Å². The zero-order chi connectivity index (χ0) is 11.4.